The lowest BCUT2D eigenvalue weighted by Gasteiger charge is -2.20. The standard InChI is InChI=1S/C14H19N3O/c1-14(2,13(15)18)9-16-8-10-4-3-5-12-11(10)6-7-17-12/h3-7,16-17H,8-9H2,1-2H3,(H2,15,18). The number of benzene rings is 1. The maximum Gasteiger partial charge on any atom is 0.224 e. The first-order chi connectivity index (χ1) is 8.50. The summed E-state index contributed by atoms with van der Waals surface area (Å²) in [6.45, 7) is 4.99. The van der Waals surface area contributed by atoms with Crippen LogP contribution in [0.1, 0.15) is 19.4 Å². The van der Waals surface area contributed by atoms with Crippen LogP contribution in [0.5, 0.6) is 0 Å². The maximum absolute atomic E-state index is 11.2. The zero-order chi connectivity index (χ0) is 13.2. The predicted molar refractivity (Wildman–Crippen MR) is 73.0 cm³/mol. The summed E-state index contributed by atoms with van der Waals surface area (Å²) in [6.07, 6.45) is 1.93. The Morgan fingerprint density at radius 1 is 1.39 bits per heavy atom. The summed E-state index contributed by atoms with van der Waals surface area (Å²) >= 11 is 0. The minimum atomic E-state index is -0.522. The van der Waals surface area contributed by atoms with Gasteiger partial charge >= 0.3 is 0 Å². The molecule has 4 nitrogen and oxygen atoms in total. The van der Waals surface area contributed by atoms with E-state index in [1.165, 1.54) is 10.9 Å². The summed E-state index contributed by atoms with van der Waals surface area (Å²) in [7, 11) is 0. The average molecular weight is 245 g/mol. The van der Waals surface area contributed by atoms with Crippen LogP contribution in [-0.4, -0.2) is 17.4 Å². The molecule has 0 atom stereocenters. The molecule has 0 aliphatic heterocycles. The van der Waals surface area contributed by atoms with Crippen molar-refractivity contribution in [2.45, 2.75) is 20.4 Å². The molecule has 0 aliphatic carbocycles. The largest absolute Gasteiger partial charge is 0.369 e. The van der Waals surface area contributed by atoms with E-state index in [1.807, 2.05) is 32.2 Å². The number of nitrogens with two attached hydrogens (primary N) is 1. The number of H-pyrrole nitrogens is 1. The Morgan fingerprint density at radius 3 is 2.89 bits per heavy atom. The van der Waals surface area contributed by atoms with Gasteiger partial charge in [-0.25, -0.2) is 0 Å². The van der Waals surface area contributed by atoms with E-state index in [9.17, 15) is 4.79 Å². The zero-order valence-corrected chi connectivity index (χ0v) is 10.8. The van der Waals surface area contributed by atoms with E-state index in [2.05, 4.69) is 22.4 Å². The van der Waals surface area contributed by atoms with Crippen molar-refractivity contribution in [3.05, 3.63) is 36.0 Å². The van der Waals surface area contributed by atoms with Gasteiger partial charge in [-0.3, -0.25) is 4.79 Å². The van der Waals surface area contributed by atoms with Crippen molar-refractivity contribution >= 4 is 16.8 Å². The number of hydrogen-bond donors (Lipinski definition) is 3. The highest BCUT2D eigenvalue weighted by molar-refractivity contribution is 5.83. The van der Waals surface area contributed by atoms with Gasteiger partial charge in [-0.15, -0.1) is 0 Å². The van der Waals surface area contributed by atoms with Crippen molar-refractivity contribution in [3.63, 3.8) is 0 Å². The molecule has 0 saturated carbocycles. The quantitative estimate of drug-likeness (QED) is 0.751. The fourth-order valence-electron chi connectivity index (χ4n) is 1.90. The summed E-state index contributed by atoms with van der Waals surface area (Å²) in [5.41, 5.74) is 7.16. The van der Waals surface area contributed by atoms with Gasteiger partial charge in [0.2, 0.25) is 5.91 Å². The van der Waals surface area contributed by atoms with Crippen LogP contribution in [0.4, 0.5) is 0 Å². The molecule has 1 heterocycles. The van der Waals surface area contributed by atoms with Gasteiger partial charge in [-0.05, 0) is 31.5 Å². The number of aromatic amines is 1. The van der Waals surface area contributed by atoms with Crippen LogP contribution in [0.2, 0.25) is 0 Å². The van der Waals surface area contributed by atoms with E-state index < -0.39 is 5.41 Å². The van der Waals surface area contributed by atoms with Crippen LogP contribution in [0.3, 0.4) is 0 Å². The summed E-state index contributed by atoms with van der Waals surface area (Å²) < 4.78 is 0. The number of nitrogens with one attached hydrogen (secondary N) is 2. The Labute approximate surface area is 107 Å². The van der Waals surface area contributed by atoms with Crippen LogP contribution in [0.25, 0.3) is 10.9 Å². The Kier molecular flexibility index (Phi) is 3.39. The fourth-order valence-corrected chi connectivity index (χ4v) is 1.90. The fraction of sp³-hybridized carbons (Fsp3) is 0.357. The number of aromatic nitrogens is 1. The lowest BCUT2D eigenvalue weighted by Crippen LogP contribution is -2.40. The van der Waals surface area contributed by atoms with Gasteiger partial charge in [-0.1, -0.05) is 12.1 Å². The average Bonchev–Trinajstić information content (AvgIpc) is 2.77. The first-order valence-corrected chi connectivity index (χ1v) is 6.06. The van der Waals surface area contributed by atoms with E-state index in [0.717, 1.165) is 12.1 Å². The number of fused-ring (bicyclic) bond motifs is 1. The molecule has 0 bridgehead atoms. The number of carbonyl (C=O) groups is 1. The van der Waals surface area contributed by atoms with Gasteiger partial charge in [0, 0.05) is 30.2 Å². The number of hydrogen-bond acceptors (Lipinski definition) is 2. The monoisotopic (exact) mass is 245 g/mol. The van der Waals surface area contributed by atoms with E-state index in [-0.39, 0.29) is 5.91 Å². The summed E-state index contributed by atoms with van der Waals surface area (Å²) in [4.78, 5) is 14.4. The molecule has 4 heteroatoms. The maximum atomic E-state index is 11.2. The smallest absolute Gasteiger partial charge is 0.224 e. The highest BCUT2D eigenvalue weighted by Gasteiger charge is 2.24. The third-order valence-corrected chi connectivity index (χ3v) is 3.23. The Bertz CT molecular complexity index is 557. The molecule has 96 valence electrons. The lowest BCUT2D eigenvalue weighted by atomic mass is 9.92. The molecule has 0 aliphatic rings. The molecule has 1 aromatic carbocycles. The first kappa shape index (κ1) is 12.6. The second kappa shape index (κ2) is 4.82. The minimum absolute atomic E-state index is 0.283. The minimum Gasteiger partial charge on any atom is -0.369 e. The van der Waals surface area contributed by atoms with E-state index in [4.69, 9.17) is 5.73 Å². The highest BCUT2D eigenvalue weighted by atomic mass is 16.1. The van der Waals surface area contributed by atoms with Crippen LogP contribution in [0.15, 0.2) is 30.5 Å². The molecule has 1 aromatic heterocycles. The Morgan fingerprint density at radius 2 is 2.17 bits per heavy atom. The molecule has 0 fully saturated rings. The third-order valence-electron chi connectivity index (χ3n) is 3.23. The van der Waals surface area contributed by atoms with Crippen molar-refractivity contribution < 1.29 is 4.79 Å². The van der Waals surface area contributed by atoms with Crippen molar-refractivity contribution in [1.82, 2.24) is 10.3 Å². The number of amides is 1. The van der Waals surface area contributed by atoms with Crippen molar-refractivity contribution in [1.29, 1.82) is 0 Å². The SMILES string of the molecule is CC(C)(CNCc1cccc2[nH]ccc12)C(N)=O. The molecule has 0 saturated heterocycles. The Hall–Kier alpha value is -1.81. The number of rotatable bonds is 5. The van der Waals surface area contributed by atoms with Gasteiger partial charge in [0.15, 0.2) is 0 Å². The number of primary amides is 1. The van der Waals surface area contributed by atoms with Crippen molar-refractivity contribution in [2.24, 2.45) is 11.1 Å². The predicted octanol–water partition coefficient (Wildman–Crippen LogP) is 1.77. The summed E-state index contributed by atoms with van der Waals surface area (Å²) in [5, 5.41) is 4.50. The van der Waals surface area contributed by atoms with Gasteiger partial charge in [0.1, 0.15) is 0 Å². The van der Waals surface area contributed by atoms with Crippen molar-refractivity contribution in [3.8, 4) is 0 Å². The third kappa shape index (κ3) is 2.54. The molecule has 2 aromatic rings. The van der Waals surface area contributed by atoms with Gasteiger partial charge in [0.05, 0.1) is 5.41 Å². The molecule has 0 unspecified atom stereocenters. The molecule has 2 rings (SSSR count). The second-order valence-corrected chi connectivity index (χ2v) is 5.21. The highest BCUT2D eigenvalue weighted by Crippen LogP contribution is 2.18. The second-order valence-electron chi connectivity index (χ2n) is 5.21. The lowest BCUT2D eigenvalue weighted by molar-refractivity contribution is -0.125. The normalized spacial score (nSPS) is 11.9. The zero-order valence-electron chi connectivity index (χ0n) is 10.8. The van der Waals surface area contributed by atoms with Crippen LogP contribution < -0.4 is 11.1 Å². The Balaban J connectivity index is 2.03. The van der Waals surface area contributed by atoms with E-state index >= 15 is 0 Å². The van der Waals surface area contributed by atoms with Gasteiger partial charge in [-0.2, -0.15) is 0 Å². The molecular weight excluding hydrogens is 226 g/mol. The summed E-state index contributed by atoms with van der Waals surface area (Å²) in [5.74, 6) is -0.283. The summed E-state index contributed by atoms with van der Waals surface area (Å²) in [6, 6.07) is 8.22. The molecule has 1 amide bonds. The molecule has 4 N–H and O–H groups in total. The molecule has 18 heavy (non-hydrogen) atoms. The van der Waals surface area contributed by atoms with Gasteiger partial charge in [0.25, 0.3) is 0 Å². The molecule has 0 radical (unpaired) electrons. The van der Waals surface area contributed by atoms with Crippen molar-refractivity contribution in [2.75, 3.05) is 6.54 Å². The molecule has 0 spiro atoms. The first-order valence-electron chi connectivity index (χ1n) is 6.06. The molecular formula is C14H19N3O. The number of carbonyl (C=O) groups excluding carboxylic acids is 1. The topological polar surface area (TPSA) is 70.9 Å². The van der Waals surface area contributed by atoms with E-state index in [0.29, 0.717) is 6.54 Å². The van der Waals surface area contributed by atoms with E-state index in [1.54, 1.807) is 0 Å². The van der Waals surface area contributed by atoms with Gasteiger partial charge < -0.3 is 16.0 Å². The van der Waals surface area contributed by atoms with Crippen LogP contribution in [-0.2, 0) is 11.3 Å². The van der Waals surface area contributed by atoms with Crippen LogP contribution in [0, 0.1) is 5.41 Å². The van der Waals surface area contributed by atoms with Crippen LogP contribution >= 0.6 is 0 Å².